The number of aryl methyl sites for hydroxylation is 1. The summed E-state index contributed by atoms with van der Waals surface area (Å²) in [6, 6.07) is 5.62. The number of amides is 2. The fourth-order valence-electron chi connectivity index (χ4n) is 2.77. The second-order valence-electron chi connectivity index (χ2n) is 5.40. The van der Waals surface area contributed by atoms with E-state index in [4.69, 9.17) is 4.74 Å². The Labute approximate surface area is 125 Å². The number of benzene rings is 1. The molecular weight excluding hydrogens is 268 g/mol. The lowest BCUT2D eigenvalue weighted by Crippen LogP contribution is -2.66. The smallest absolute Gasteiger partial charge is 0.253 e. The maximum absolute atomic E-state index is 12.9. The van der Waals surface area contributed by atoms with Gasteiger partial charge >= 0.3 is 0 Å². The number of hydrogen-bond acceptors (Lipinski definition) is 3. The first kappa shape index (κ1) is 15.4. The number of methoxy groups -OCH3 is 1. The molecule has 1 aliphatic heterocycles. The van der Waals surface area contributed by atoms with Crippen molar-refractivity contribution in [2.24, 2.45) is 0 Å². The average Bonchev–Trinajstić information content (AvgIpc) is 2.49. The van der Waals surface area contributed by atoms with E-state index < -0.39 is 5.54 Å². The molecule has 1 N–H and O–H groups in total. The number of rotatable bonds is 4. The van der Waals surface area contributed by atoms with Crippen LogP contribution < -0.4 is 15.0 Å². The van der Waals surface area contributed by atoms with Crippen molar-refractivity contribution in [2.45, 2.75) is 39.2 Å². The molecule has 5 nitrogen and oxygen atoms in total. The van der Waals surface area contributed by atoms with Crippen molar-refractivity contribution in [2.75, 3.05) is 18.6 Å². The zero-order chi connectivity index (χ0) is 15.6. The fourth-order valence-corrected chi connectivity index (χ4v) is 2.77. The second kappa shape index (κ2) is 5.76. The molecule has 21 heavy (non-hydrogen) atoms. The Kier molecular flexibility index (Phi) is 4.21. The van der Waals surface area contributed by atoms with Crippen LogP contribution in [0.25, 0.3) is 0 Å². The monoisotopic (exact) mass is 290 g/mol. The lowest BCUT2D eigenvalue weighted by molar-refractivity contribution is -0.136. The van der Waals surface area contributed by atoms with Crippen molar-refractivity contribution in [1.82, 2.24) is 5.32 Å². The number of nitrogens with zero attached hydrogens (tertiary/aromatic N) is 1. The summed E-state index contributed by atoms with van der Waals surface area (Å²) in [4.78, 5) is 26.5. The third kappa shape index (κ3) is 2.60. The van der Waals surface area contributed by atoms with Gasteiger partial charge in [-0.3, -0.25) is 14.5 Å². The molecule has 0 unspecified atom stereocenters. The van der Waals surface area contributed by atoms with Crippen LogP contribution in [-0.2, 0) is 9.59 Å². The molecule has 0 aliphatic carbocycles. The Balaban J connectivity index is 2.50. The van der Waals surface area contributed by atoms with Gasteiger partial charge in [-0.15, -0.1) is 0 Å². The third-order valence-corrected chi connectivity index (χ3v) is 4.17. The number of ether oxygens (including phenoxy) is 1. The van der Waals surface area contributed by atoms with Crippen molar-refractivity contribution < 1.29 is 14.3 Å². The van der Waals surface area contributed by atoms with Crippen molar-refractivity contribution >= 4 is 17.5 Å². The molecule has 1 saturated heterocycles. The molecule has 0 saturated carbocycles. The minimum Gasteiger partial charge on any atom is -0.495 e. The minimum atomic E-state index is -0.815. The summed E-state index contributed by atoms with van der Waals surface area (Å²) in [7, 11) is 1.57. The van der Waals surface area contributed by atoms with Gasteiger partial charge < -0.3 is 10.1 Å². The van der Waals surface area contributed by atoms with E-state index in [1.807, 2.05) is 39.0 Å². The van der Waals surface area contributed by atoms with Crippen LogP contribution in [0, 0.1) is 6.92 Å². The average molecular weight is 290 g/mol. The minimum absolute atomic E-state index is 0.0282. The first-order valence-electron chi connectivity index (χ1n) is 7.25. The van der Waals surface area contributed by atoms with E-state index in [1.165, 1.54) is 4.90 Å². The van der Waals surface area contributed by atoms with E-state index in [1.54, 1.807) is 7.11 Å². The predicted molar refractivity (Wildman–Crippen MR) is 81.5 cm³/mol. The zero-order valence-corrected chi connectivity index (χ0v) is 13.0. The van der Waals surface area contributed by atoms with Gasteiger partial charge in [-0.1, -0.05) is 19.9 Å². The van der Waals surface area contributed by atoms with Crippen LogP contribution in [0.2, 0.25) is 0 Å². The van der Waals surface area contributed by atoms with Crippen LogP contribution >= 0.6 is 0 Å². The summed E-state index contributed by atoms with van der Waals surface area (Å²) >= 11 is 0. The van der Waals surface area contributed by atoms with Gasteiger partial charge in [0.05, 0.1) is 12.8 Å². The molecule has 1 fully saturated rings. The first-order valence-corrected chi connectivity index (χ1v) is 7.25. The van der Waals surface area contributed by atoms with Gasteiger partial charge in [0.25, 0.3) is 5.91 Å². The van der Waals surface area contributed by atoms with Gasteiger partial charge in [-0.25, -0.2) is 0 Å². The van der Waals surface area contributed by atoms with Crippen LogP contribution in [0.4, 0.5) is 5.69 Å². The van der Waals surface area contributed by atoms with Crippen molar-refractivity contribution in [3.8, 4) is 5.75 Å². The van der Waals surface area contributed by atoms with Crippen LogP contribution in [0.15, 0.2) is 18.2 Å². The Morgan fingerprint density at radius 2 is 1.95 bits per heavy atom. The van der Waals surface area contributed by atoms with Crippen LogP contribution in [0.5, 0.6) is 5.75 Å². The quantitative estimate of drug-likeness (QED) is 0.923. The highest BCUT2D eigenvalue weighted by atomic mass is 16.5. The third-order valence-electron chi connectivity index (χ3n) is 4.17. The van der Waals surface area contributed by atoms with Gasteiger partial charge in [0.15, 0.2) is 0 Å². The second-order valence-corrected chi connectivity index (χ2v) is 5.40. The summed E-state index contributed by atoms with van der Waals surface area (Å²) in [5.74, 6) is 0.391. The molecule has 114 valence electrons. The Hall–Kier alpha value is -2.04. The van der Waals surface area contributed by atoms with E-state index in [0.29, 0.717) is 24.3 Å². The molecule has 0 aromatic heterocycles. The summed E-state index contributed by atoms with van der Waals surface area (Å²) < 4.78 is 5.35. The number of piperazine rings is 1. The largest absolute Gasteiger partial charge is 0.495 e. The van der Waals surface area contributed by atoms with Gasteiger partial charge in [0.2, 0.25) is 5.91 Å². The van der Waals surface area contributed by atoms with Crippen LogP contribution in [-0.4, -0.2) is 31.0 Å². The van der Waals surface area contributed by atoms with Gasteiger partial charge in [0, 0.05) is 0 Å². The zero-order valence-electron chi connectivity index (χ0n) is 13.0. The van der Waals surface area contributed by atoms with Crippen molar-refractivity contribution in [3.05, 3.63) is 23.8 Å². The first-order chi connectivity index (χ1) is 9.97. The Bertz CT molecular complexity index is 565. The highest BCUT2D eigenvalue weighted by molar-refractivity contribution is 6.09. The standard InChI is InChI=1S/C16H22N2O3/c1-5-16(6-2)15(20)18(10-14(19)17-16)12-9-11(3)7-8-13(12)21-4/h7-9H,5-6,10H2,1-4H3,(H,17,19). The molecular formula is C16H22N2O3. The van der Waals surface area contributed by atoms with Gasteiger partial charge in [-0.2, -0.15) is 0 Å². The summed E-state index contributed by atoms with van der Waals surface area (Å²) in [6.07, 6.45) is 1.14. The Morgan fingerprint density at radius 3 is 2.52 bits per heavy atom. The van der Waals surface area contributed by atoms with Gasteiger partial charge in [0.1, 0.15) is 17.8 Å². The normalized spacial score (nSPS) is 17.6. The molecule has 0 spiro atoms. The molecule has 1 aliphatic rings. The highest BCUT2D eigenvalue weighted by Gasteiger charge is 2.45. The lowest BCUT2D eigenvalue weighted by Gasteiger charge is -2.41. The number of carbonyl (C=O) groups excluding carboxylic acids is 2. The fraction of sp³-hybridized carbons (Fsp3) is 0.500. The summed E-state index contributed by atoms with van der Waals surface area (Å²) in [5, 5.41) is 2.86. The highest BCUT2D eigenvalue weighted by Crippen LogP contribution is 2.33. The predicted octanol–water partition coefficient (Wildman–Crippen LogP) is 2.03. The Morgan fingerprint density at radius 1 is 1.29 bits per heavy atom. The van der Waals surface area contributed by atoms with E-state index in [9.17, 15) is 9.59 Å². The molecule has 1 aromatic carbocycles. The lowest BCUT2D eigenvalue weighted by atomic mass is 9.88. The van der Waals surface area contributed by atoms with Gasteiger partial charge in [-0.05, 0) is 37.5 Å². The van der Waals surface area contributed by atoms with Crippen LogP contribution in [0.1, 0.15) is 32.3 Å². The molecule has 2 amide bonds. The van der Waals surface area contributed by atoms with E-state index in [-0.39, 0.29) is 18.4 Å². The SMILES string of the molecule is CCC1(CC)NC(=O)CN(c2cc(C)ccc2OC)C1=O. The molecule has 2 rings (SSSR count). The number of hydrogen-bond donors (Lipinski definition) is 1. The molecule has 0 atom stereocenters. The van der Waals surface area contributed by atoms with E-state index in [0.717, 1.165) is 5.56 Å². The number of carbonyl (C=O) groups is 2. The number of nitrogens with one attached hydrogen (secondary N) is 1. The maximum Gasteiger partial charge on any atom is 0.253 e. The topological polar surface area (TPSA) is 58.6 Å². The molecule has 0 radical (unpaired) electrons. The van der Waals surface area contributed by atoms with Crippen molar-refractivity contribution in [1.29, 1.82) is 0 Å². The summed E-state index contributed by atoms with van der Waals surface area (Å²) in [6.45, 7) is 5.81. The molecule has 5 heteroatoms. The number of anilines is 1. The van der Waals surface area contributed by atoms with Crippen LogP contribution in [0.3, 0.4) is 0 Å². The van der Waals surface area contributed by atoms with Crippen molar-refractivity contribution in [3.63, 3.8) is 0 Å². The maximum atomic E-state index is 12.9. The van der Waals surface area contributed by atoms with E-state index in [2.05, 4.69) is 5.32 Å². The molecule has 1 aromatic rings. The molecule has 1 heterocycles. The summed E-state index contributed by atoms with van der Waals surface area (Å²) in [5.41, 5.74) is 0.858. The molecule has 0 bridgehead atoms. The van der Waals surface area contributed by atoms with E-state index >= 15 is 0 Å².